The fraction of sp³-hybridized carbons (Fsp3) is 0.0526. The number of halogens is 2. The second kappa shape index (κ2) is 7.04. The number of nitrogens with zero attached hydrogens (tertiary/aromatic N) is 1. The first-order chi connectivity index (χ1) is 11.6. The number of rotatable bonds is 0. The number of benzene rings is 2. The van der Waals surface area contributed by atoms with Crippen LogP contribution in [0.25, 0.3) is 17.0 Å². The lowest BCUT2D eigenvalue weighted by atomic mass is 9.97. The van der Waals surface area contributed by atoms with Gasteiger partial charge in [-0.2, -0.15) is 4.73 Å². The average Bonchev–Trinajstić information content (AvgIpc) is 2.57. The molecule has 0 atom stereocenters. The van der Waals surface area contributed by atoms with E-state index in [4.69, 9.17) is 23.2 Å². The van der Waals surface area contributed by atoms with E-state index in [1.165, 1.54) is 6.20 Å². The monoisotopic (exact) mass is 357 g/mol. The Morgan fingerprint density at radius 2 is 1.67 bits per heavy atom. The van der Waals surface area contributed by atoms with Crippen molar-refractivity contribution in [3.8, 4) is 0 Å². The van der Waals surface area contributed by atoms with Gasteiger partial charge in [-0.05, 0) is 41.5 Å². The molecule has 3 aromatic rings. The van der Waals surface area contributed by atoms with Gasteiger partial charge in [0.15, 0.2) is 12.0 Å². The lowest BCUT2D eigenvalue weighted by Gasteiger charge is -2.09. The summed E-state index contributed by atoms with van der Waals surface area (Å²) < 4.78 is 0.807. The Kier molecular flexibility index (Phi) is 4.84. The van der Waals surface area contributed by atoms with Gasteiger partial charge in [0.05, 0.1) is 10.4 Å². The van der Waals surface area contributed by atoms with Crippen molar-refractivity contribution in [3.05, 3.63) is 87.2 Å². The van der Waals surface area contributed by atoms with E-state index < -0.39 is 0 Å². The summed E-state index contributed by atoms with van der Waals surface area (Å²) in [6.45, 7) is 0. The van der Waals surface area contributed by atoms with Gasteiger partial charge in [0.1, 0.15) is 0 Å². The molecular weight excluding hydrogens is 345 g/mol. The van der Waals surface area contributed by atoms with Crippen molar-refractivity contribution in [3.63, 3.8) is 0 Å². The van der Waals surface area contributed by atoms with Crippen LogP contribution >= 0.6 is 23.2 Å². The number of pyridine rings is 1. The average molecular weight is 358 g/mol. The summed E-state index contributed by atoms with van der Waals surface area (Å²) in [5.41, 5.74) is 2.61. The number of allylic oxidation sites excluding steroid dienone is 1. The molecule has 24 heavy (non-hydrogen) atoms. The maximum Gasteiger partial charge on any atom is 0.225 e. The third-order valence-electron chi connectivity index (χ3n) is 3.70. The van der Waals surface area contributed by atoms with Crippen molar-refractivity contribution in [2.24, 2.45) is 0 Å². The lowest BCUT2D eigenvalue weighted by Crippen LogP contribution is -2.25. The predicted octanol–water partition coefficient (Wildman–Crippen LogP) is 4.61. The lowest BCUT2D eigenvalue weighted by molar-refractivity contribution is -0.577. The summed E-state index contributed by atoms with van der Waals surface area (Å²) >= 11 is 11.8. The van der Waals surface area contributed by atoms with Gasteiger partial charge < -0.3 is 5.21 Å². The number of aromatic nitrogens is 1. The first-order valence-electron chi connectivity index (χ1n) is 7.31. The SMILES string of the molecule is O=C1C=Cc2c(Cl)cccc2C1.[O-][n+]1cccc2c(Cl)cccc21. The van der Waals surface area contributed by atoms with Crippen LogP contribution < -0.4 is 4.73 Å². The van der Waals surface area contributed by atoms with Crippen molar-refractivity contribution in [2.75, 3.05) is 0 Å². The molecule has 0 saturated carbocycles. The van der Waals surface area contributed by atoms with E-state index in [0.717, 1.165) is 26.3 Å². The number of hydrogen-bond acceptors (Lipinski definition) is 2. The highest BCUT2D eigenvalue weighted by Gasteiger charge is 2.11. The first-order valence-corrected chi connectivity index (χ1v) is 8.06. The van der Waals surface area contributed by atoms with Gasteiger partial charge in [-0.25, -0.2) is 0 Å². The maximum absolute atomic E-state index is 11.2. The van der Waals surface area contributed by atoms with Crippen LogP contribution in [0.1, 0.15) is 11.1 Å². The van der Waals surface area contributed by atoms with E-state index in [1.54, 1.807) is 36.4 Å². The zero-order valence-corrected chi connectivity index (χ0v) is 14.1. The molecule has 0 amide bonds. The summed E-state index contributed by atoms with van der Waals surface area (Å²) in [5, 5.41) is 13.3. The van der Waals surface area contributed by atoms with Gasteiger partial charge in [-0.3, -0.25) is 4.79 Å². The topological polar surface area (TPSA) is 44.0 Å². The molecule has 4 rings (SSSR count). The third-order valence-corrected chi connectivity index (χ3v) is 4.35. The van der Waals surface area contributed by atoms with Crippen molar-refractivity contribution in [1.82, 2.24) is 0 Å². The molecule has 0 radical (unpaired) electrons. The number of carbonyl (C=O) groups is 1. The van der Waals surface area contributed by atoms with E-state index in [1.807, 2.05) is 24.3 Å². The molecule has 0 spiro atoms. The van der Waals surface area contributed by atoms with Crippen LogP contribution in [-0.2, 0) is 11.2 Å². The molecule has 1 aromatic heterocycles. The van der Waals surface area contributed by atoms with E-state index >= 15 is 0 Å². The second-order valence-electron chi connectivity index (χ2n) is 5.30. The van der Waals surface area contributed by atoms with Crippen molar-refractivity contribution >= 4 is 46.0 Å². The highest BCUT2D eigenvalue weighted by molar-refractivity contribution is 6.35. The predicted molar refractivity (Wildman–Crippen MR) is 97.1 cm³/mol. The largest absolute Gasteiger partial charge is 0.618 e. The molecule has 0 aliphatic heterocycles. The highest BCUT2D eigenvalue weighted by Crippen LogP contribution is 2.24. The zero-order chi connectivity index (χ0) is 17.1. The smallest absolute Gasteiger partial charge is 0.225 e. The van der Waals surface area contributed by atoms with Crippen LogP contribution in [0, 0.1) is 5.21 Å². The molecule has 3 nitrogen and oxygen atoms in total. The number of carbonyl (C=O) groups excluding carboxylic acids is 1. The number of ketones is 1. The summed E-state index contributed by atoms with van der Waals surface area (Å²) in [7, 11) is 0. The van der Waals surface area contributed by atoms with Gasteiger partial charge in [-0.15, -0.1) is 0 Å². The normalized spacial score (nSPS) is 12.5. The summed E-state index contributed by atoms with van der Waals surface area (Å²) in [6, 6.07) is 14.4. The standard InChI is InChI=1S/C10H7ClO.C9H6ClNO/c11-10-3-1-2-7-6-8(12)4-5-9(7)10;10-8-4-1-5-9-7(8)3-2-6-11(9)12/h1-5H,6H2;1-6H. The van der Waals surface area contributed by atoms with Gasteiger partial charge in [0, 0.05) is 23.6 Å². The Balaban J connectivity index is 0.000000141. The van der Waals surface area contributed by atoms with Gasteiger partial charge in [0.25, 0.3) is 0 Å². The van der Waals surface area contributed by atoms with Crippen LogP contribution in [0.2, 0.25) is 10.0 Å². The van der Waals surface area contributed by atoms with Crippen LogP contribution in [0.4, 0.5) is 0 Å². The van der Waals surface area contributed by atoms with Crippen molar-refractivity contribution < 1.29 is 9.52 Å². The molecule has 1 heterocycles. The Morgan fingerprint density at radius 3 is 2.46 bits per heavy atom. The fourth-order valence-electron chi connectivity index (χ4n) is 2.53. The van der Waals surface area contributed by atoms with Crippen LogP contribution in [-0.4, -0.2) is 5.78 Å². The molecule has 1 aliphatic rings. The minimum Gasteiger partial charge on any atom is -0.618 e. The van der Waals surface area contributed by atoms with E-state index in [2.05, 4.69) is 0 Å². The molecule has 120 valence electrons. The molecule has 0 fully saturated rings. The number of fused-ring (bicyclic) bond motifs is 2. The molecule has 5 heteroatoms. The zero-order valence-electron chi connectivity index (χ0n) is 12.6. The minimum absolute atomic E-state index is 0.143. The Labute approximate surface area is 149 Å². The Bertz CT molecular complexity index is 910. The van der Waals surface area contributed by atoms with Crippen molar-refractivity contribution in [1.29, 1.82) is 0 Å². The summed E-state index contributed by atoms with van der Waals surface area (Å²) in [4.78, 5) is 11.0. The quantitative estimate of drug-likeness (QED) is 0.435. The molecule has 0 saturated heterocycles. The Morgan fingerprint density at radius 1 is 0.917 bits per heavy atom. The summed E-state index contributed by atoms with van der Waals surface area (Å²) in [6.07, 6.45) is 5.29. The number of hydrogen-bond donors (Lipinski definition) is 0. The van der Waals surface area contributed by atoms with Crippen LogP contribution in [0.3, 0.4) is 0 Å². The Hall–Kier alpha value is -2.36. The second-order valence-corrected chi connectivity index (χ2v) is 6.11. The van der Waals surface area contributed by atoms with Crippen molar-refractivity contribution in [2.45, 2.75) is 6.42 Å². The molecular formula is C19H13Cl2NO2. The molecule has 1 aliphatic carbocycles. The molecule has 2 aromatic carbocycles. The maximum atomic E-state index is 11.2. The van der Waals surface area contributed by atoms with E-state index in [0.29, 0.717) is 17.0 Å². The molecule has 0 N–H and O–H groups in total. The highest BCUT2D eigenvalue weighted by atomic mass is 35.5. The summed E-state index contributed by atoms with van der Waals surface area (Å²) in [5.74, 6) is 0.143. The van der Waals surface area contributed by atoms with E-state index in [-0.39, 0.29) is 5.78 Å². The van der Waals surface area contributed by atoms with Gasteiger partial charge in [-0.1, -0.05) is 41.4 Å². The van der Waals surface area contributed by atoms with Crippen LogP contribution in [0.5, 0.6) is 0 Å². The third kappa shape index (κ3) is 3.42. The first kappa shape index (κ1) is 16.5. The molecule has 0 bridgehead atoms. The fourth-order valence-corrected chi connectivity index (χ4v) is 3.02. The minimum atomic E-state index is 0.143. The van der Waals surface area contributed by atoms with Crippen LogP contribution in [0.15, 0.2) is 60.8 Å². The van der Waals surface area contributed by atoms with Gasteiger partial charge >= 0.3 is 0 Å². The van der Waals surface area contributed by atoms with Gasteiger partial charge in [0.2, 0.25) is 5.52 Å². The van der Waals surface area contributed by atoms with E-state index in [9.17, 15) is 10.0 Å². The molecule has 0 unspecified atom stereocenters.